The van der Waals surface area contributed by atoms with Crippen molar-refractivity contribution in [3.63, 3.8) is 0 Å². The number of hydrogen-bond donors (Lipinski definition) is 2. The van der Waals surface area contributed by atoms with Crippen molar-refractivity contribution in [2.45, 2.75) is 18.9 Å². The fourth-order valence-electron chi connectivity index (χ4n) is 1.54. The molecule has 0 aliphatic carbocycles. The normalized spacial score (nSPS) is 20.9. The lowest BCUT2D eigenvalue weighted by Gasteiger charge is -2.10. The molecule has 1 atom stereocenters. The summed E-state index contributed by atoms with van der Waals surface area (Å²) >= 11 is 0. The van der Waals surface area contributed by atoms with Gasteiger partial charge in [-0.25, -0.2) is 8.42 Å². The van der Waals surface area contributed by atoms with Gasteiger partial charge in [0.1, 0.15) is 5.75 Å². The summed E-state index contributed by atoms with van der Waals surface area (Å²) in [5.41, 5.74) is 5.13. The average molecular weight is 250 g/mol. The van der Waals surface area contributed by atoms with Gasteiger partial charge < -0.3 is 15.8 Å². The molecule has 7 heteroatoms. The number of amides is 1. The maximum absolute atomic E-state index is 11.3. The molecular formula is C9H18N2O4S. The molecule has 0 radical (unpaired) electrons. The first-order valence-corrected chi connectivity index (χ1v) is 7.14. The zero-order valence-corrected chi connectivity index (χ0v) is 9.96. The van der Waals surface area contributed by atoms with Gasteiger partial charge in [-0.05, 0) is 12.8 Å². The van der Waals surface area contributed by atoms with Crippen LogP contribution in [0.3, 0.4) is 0 Å². The van der Waals surface area contributed by atoms with E-state index in [2.05, 4.69) is 5.32 Å². The Balaban J connectivity index is 2.24. The Kier molecular flexibility index (Phi) is 5.17. The molecule has 3 N–H and O–H groups in total. The maximum atomic E-state index is 11.3. The van der Waals surface area contributed by atoms with E-state index in [4.69, 9.17) is 10.5 Å². The molecule has 1 saturated heterocycles. The fourth-order valence-corrected chi connectivity index (χ4v) is 2.54. The molecule has 6 nitrogen and oxygen atoms in total. The Bertz CT molecular complexity index is 322. The van der Waals surface area contributed by atoms with Crippen LogP contribution >= 0.6 is 0 Å². The van der Waals surface area contributed by atoms with Gasteiger partial charge in [0.15, 0.2) is 9.84 Å². The molecule has 0 aromatic carbocycles. The summed E-state index contributed by atoms with van der Waals surface area (Å²) in [6.45, 7) is 1.14. The second kappa shape index (κ2) is 6.17. The van der Waals surface area contributed by atoms with Crippen molar-refractivity contribution in [2.75, 3.05) is 31.2 Å². The summed E-state index contributed by atoms with van der Waals surface area (Å²) in [5.74, 6) is -1.12. The number of carbonyl (C=O) groups excluding carboxylic acids is 1. The maximum Gasteiger partial charge on any atom is 0.235 e. The summed E-state index contributed by atoms with van der Waals surface area (Å²) < 4.78 is 27.8. The molecule has 0 spiro atoms. The number of hydrogen-bond acceptors (Lipinski definition) is 5. The SMILES string of the molecule is NCCS(=O)(=O)CC(=O)NCC1CCCO1. The Morgan fingerprint density at radius 1 is 1.50 bits per heavy atom. The van der Waals surface area contributed by atoms with E-state index in [-0.39, 0.29) is 18.4 Å². The molecule has 0 aromatic rings. The van der Waals surface area contributed by atoms with Crippen LogP contribution in [0.2, 0.25) is 0 Å². The predicted octanol–water partition coefficient (Wildman–Crippen LogP) is -1.34. The van der Waals surface area contributed by atoms with Crippen molar-refractivity contribution in [3.05, 3.63) is 0 Å². The molecule has 1 unspecified atom stereocenters. The molecule has 1 heterocycles. The van der Waals surface area contributed by atoms with Crippen LogP contribution in [0.4, 0.5) is 0 Å². The molecule has 1 fully saturated rings. The monoisotopic (exact) mass is 250 g/mol. The first kappa shape index (κ1) is 13.4. The van der Waals surface area contributed by atoms with E-state index < -0.39 is 21.5 Å². The second-order valence-electron chi connectivity index (χ2n) is 3.82. The summed E-state index contributed by atoms with van der Waals surface area (Å²) in [6, 6.07) is 0. The standard InChI is InChI=1S/C9H18N2O4S/c10-3-5-16(13,14)7-9(12)11-6-8-2-1-4-15-8/h8H,1-7,10H2,(H,11,12). The number of ether oxygens (including phenoxy) is 1. The highest BCUT2D eigenvalue weighted by Gasteiger charge is 2.19. The van der Waals surface area contributed by atoms with Crippen LogP contribution in [0.25, 0.3) is 0 Å². The lowest BCUT2D eigenvalue weighted by atomic mass is 10.2. The minimum absolute atomic E-state index is 0.0289. The predicted molar refractivity (Wildman–Crippen MR) is 59.7 cm³/mol. The molecular weight excluding hydrogens is 232 g/mol. The van der Waals surface area contributed by atoms with Crippen molar-refractivity contribution in [1.82, 2.24) is 5.32 Å². The zero-order valence-electron chi connectivity index (χ0n) is 9.15. The summed E-state index contributed by atoms with van der Waals surface area (Å²) in [7, 11) is -3.35. The average Bonchev–Trinajstić information content (AvgIpc) is 2.66. The first-order chi connectivity index (χ1) is 7.53. The Hall–Kier alpha value is -0.660. The molecule has 94 valence electrons. The molecule has 1 aliphatic heterocycles. The van der Waals surface area contributed by atoms with Crippen LogP contribution in [0.5, 0.6) is 0 Å². The Morgan fingerprint density at radius 2 is 2.25 bits per heavy atom. The first-order valence-electron chi connectivity index (χ1n) is 5.32. The molecule has 16 heavy (non-hydrogen) atoms. The Labute approximate surface area is 95.4 Å². The van der Waals surface area contributed by atoms with Crippen LogP contribution in [-0.4, -0.2) is 51.6 Å². The lowest BCUT2D eigenvalue weighted by Crippen LogP contribution is -2.36. The number of nitrogens with one attached hydrogen (secondary N) is 1. The molecule has 1 rings (SSSR count). The quantitative estimate of drug-likeness (QED) is 0.607. The smallest absolute Gasteiger partial charge is 0.235 e. The van der Waals surface area contributed by atoms with Gasteiger partial charge in [0.05, 0.1) is 11.9 Å². The van der Waals surface area contributed by atoms with Gasteiger partial charge in [-0.15, -0.1) is 0 Å². The topological polar surface area (TPSA) is 98.5 Å². The van der Waals surface area contributed by atoms with Crippen LogP contribution in [0.1, 0.15) is 12.8 Å². The van der Waals surface area contributed by atoms with Gasteiger partial charge in [0.2, 0.25) is 5.91 Å². The zero-order chi connectivity index (χ0) is 12.0. The van der Waals surface area contributed by atoms with Gasteiger partial charge >= 0.3 is 0 Å². The van der Waals surface area contributed by atoms with Gasteiger partial charge in [0, 0.05) is 19.7 Å². The van der Waals surface area contributed by atoms with Gasteiger partial charge in [-0.3, -0.25) is 4.79 Å². The number of sulfone groups is 1. The van der Waals surface area contributed by atoms with E-state index in [9.17, 15) is 13.2 Å². The second-order valence-corrected chi connectivity index (χ2v) is 6.00. The van der Waals surface area contributed by atoms with Crippen molar-refractivity contribution in [2.24, 2.45) is 5.73 Å². The minimum atomic E-state index is -3.35. The van der Waals surface area contributed by atoms with E-state index in [1.807, 2.05) is 0 Å². The van der Waals surface area contributed by atoms with Crippen molar-refractivity contribution in [3.8, 4) is 0 Å². The minimum Gasteiger partial charge on any atom is -0.376 e. The van der Waals surface area contributed by atoms with Crippen molar-refractivity contribution >= 4 is 15.7 Å². The number of nitrogens with two attached hydrogens (primary N) is 1. The van der Waals surface area contributed by atoms with Gasteiger partial charge in [-0.1, -0.05) is 0 Å². The van der Waals surface area contributed by atoms with E-state index in [0.29, 0.717) is 13.2 Å². The molecule has 0 aromatic heterocycles. The third kappa shape index (κ3) is 4.91. The van der Waals surface area contributed by atoms with E-state index in [0.717, 1.165) is 12.8 Å². The number of carbonyl (C=O) groups is 1. The summed E-state index contributed by atoms with van der Waals surface area (Å²) in [6.07, 6.45) is 1.93. The highest BCUT2D eigenvalue weighted by atomic mass is 32.2. The van der Waals surface area contributed by atoms with Crippen LogP contribution in [-0.2, 0) is 19.4 Å². The fraction of sp³-hybridized carbons (Fsp3) is 0.889. The molecule has 1 amide bonds. The van der Waals surface area contributed by atoms with Gasteiger partial charge in [-0.2, -0.15) is 0 Å². The summed E-state index contributed by atoms with van der Waals surface area (Å²) in [5, 5.41) is 2.56. The summed E-state index contributed by atoms with van der Waals surface area (Å²) in [4.78, 5) is 11.3. The van der Waals surface area contributed by atoms with E-state index in [1.165, 1.54) is 0 Å². The van der Waals surface area contributed by atoms with Crippen LogP contribution < -0.4 is 11.1 Å². The van der Waals surface area contributed by atoms with Crippen LogP contribution in [0.15, 0.2) is 0 Å². The third-order valence-electron chi connectivity index (χ3n) is 2.33. The van der Waals surface area contributed by atoms with Crippen molar-refractivity contribution < 1.29 is 17.9 Å². The Morgan fingerprint density at radius 3 is 2.81 bits per heavy atom. The highest BCUT2D eigenvalue weighted by Crippen LogP contribution is 2.10. The third-order valence-corrected chi connectivity index (χ3v) is 3.89. The highest BCUT2D eigenvalue weighted by molar-refractivity contribution is 7.92. The molecule has 1 aliphatic rings. The van der Waals surface area contributed by atoms with E-state index in [1.54, 1.807) is 0 Å². The van der Waals surface area contributed by atoms with Crippen LogP contribution in [0, 0.1) is 0 Å². The van der Waals surface area contributed by atoms with Gasteiger partial charge in [0.25, 0.3) is 0 Å². The molecule has 0 saturated carbocycles. The largest absolute Gasteiger partial charge is 0.376 e. The lowest BCUT2D eigenvalue weighted by molar-refractivity contribution is -0.119. The van der Waals surface area contributed by atoms with E-state index >= 15 is 0 Å². The molecule has 0 bridgehead atoms. The van der Waals surface area contributed by atoms with Crippen molar-refractivity contribution in [1.29, 1.82) is 0 Å². The number of rotatable bonds is 6.